The van der Waals surface area contributed by atoms with Crippen LogP contribution in [0.5, 0.6) is 5.75 Å². The predicted molar refractivity (Wildman–Crippen MR) is 118 cm³/mol. The number of aryl methyl sites for hydroxylation is 1. The highest BCUT2D eigenvalue weighted by molar-refractivity contribution is 5.86. The number of fused-ring (bicyclic) bond motifs is 1. The van der Waals surface area contributed by atoms with Gasteiger partial charge in [-0.1, -0.05) is 36.4 Å². The molecule has 0 aliphatic carbocycles. The van der Waals surface area contributed by atoms with Crippen molar-refractivity contribution >= 4 is 22.5 Å². The van der Waals surface area contributed by atoms with E-state index >= 15 is 0 Å². The number of hydrogen-bond donors (Lipinski definition) is 1. The maximum absolute atomic E-state index is 13.1. The molecular weight excluding hydrogens is 362 g/mol. The van der Waals surface area contributed by atoms with Gasteiger partial charge in [-0.2, -0.15) is 0 Å². The van der Waals surface area contributed by atoms with Crippen LogP contribution in [0, 0.1) is 6.92 Å². The standard InChI is InChI=1S/C24H23N3O2/c1-16(2)29-21-14-17(3)25-24-23(21)20(28)15-22(26-18-10-6-4-7-11-18)27(24)19-12-8-5-9-13-19/h4-16,26H,1-3H3. The maximum Gasteiger partial charge on any atom is 0.196 e. The number of pyridine rings is 2. The average Bonchev–Trinajstić information content (AvgIpc) is 2.68. The lowest BCUT2D eigenvalue weighted by Crippen LogP contribution is -2.16. The summed E-state index contributed by atoms with van der Waals surface area (Å²) < 4.78 is 7.93. The van der Waals surface area contributed by atoms with E-state index in [0.29, 0.717) is 22.6 Å². The first kappa shape index (κ1) is 18.7. The number of para-hydroxylation sites is 2. The number of anilines is 2. The highest BCUT2D eigenvalue weighted by Gasteiger charge is 2.18. The molecule has 0 saturated carbocycles. The van der Waals surface area contributed by atoms with Gasteiger partial charge in [0.15, 0.2) is 11.1 Å². The van der Waals surface area contributed by atoms with Crippen molar-refractivity contribution in [3.63, 3.8) is 0 Å². The van der Waals surface area contributed by atoms with Crippen molar-refractivity contribution in [2.45, 2.75) is 26.9 Å². The fourth-order valence-electron chi connectivity index (χ4n) is 3.34. The molecule has 146 valence electrons. The van der Waals surface area contributed by atoms with Gasteiger partial charge in [-0.05, 0) is 45.0 Å². The van der Waals surface area contributed by atoms with Gasteiger partial charge < -0.3 is 10.1 Å². The third-order valence-corrected chi connectivity index (χ3v) is 4.48. The van der Waals surface area contributed by atoms with Crippen LogP contribution in [0.25, 0.3) is 16.7 Å². The monoisotopic (exact) mass is 385 g/mol. The number of nitrogens with one attached hydrogen (secondary N) is 1. The Morgan fingerprint density at radius 2 is 1.62 bits per heavy atom. The van der Waals surface area contributed by atoms with Gasteiger partial charge in [-0.15, -0.1) is 0 Å². The van der Waals surface area contributed by atoms with Crippen molar-refractivity contribution in [1.82, 2.24) is 9.55 Å². The fraction of sp³-hybridized carbons (Fsp3) is 0.167. The minimum Gasteiger partial charge on any atom is -0.490 e. The quantitative estimate of drug-likeness (QED) is 0.511. The number of nitrogens with zero attached hydrogens (tertiary/aromatic N) is 2. The third kappa shape index (κ3) is 3.85. The molecule has 1 N–H and O–H groups in total. The Bertz CT molecular complexity index is 1200. The van der Waals surface area contributed by atoms with E-state index in [1.807, 2.05) is 92.1 Å². The first-order chi connectivity index (χ1) is 14.0. The summed E-state index contributed by atoms with van der Waals surface area (Å²) in [5.41, 5.74) is 3.02. The molecule has 0 fully saturated rings. The topological polar surface area (TPSA) is 56.1 Å². The minimum absolute atomic E-state index is 0.0494. The van der Waals surface area contributed by atoms with E-state index in [9.17, 15) is 4.79 Å². The fourth-order valence-corrected chi connectivity index (χ4v) is 3.34. The van der Waals surface area contributed by atoms with Crippen LogP contribution < -0.4 is 15.5 Å². The highest BCUT2D eigenvalue weighted by Crippen LogP contribution is 2.29. The molecule has 2 heterocycles. The number of ether oxygens (including phenoxy) is 1. The molecule has 2 aromatic carbocycles. The Labute approximate surface area is 169 Å². The number of benzene rings is 2. The number of hydrogen-bond acceptors (Lipinski definition) is 4. The van der Waals surface area contributed by atoms with Gasteiger partial charge in [-0.3, -0.25) is 9.36 Å². The van der Waals surface area contributed by atoms with E-state index < -0.39 is 0 Å². The Kier molecular flexibility index (Phi) is 5.04. The first-order valence-electron chi connectivity index (χ1n) is 9.64. The lowest BCUT2D eigenvalue weighted by atomic mass is 10.2. The molecule has 0 unspecified atom stereocenters. The SMILES string of the molecule is Cc1cc(OC(C)C)c2c(=O)cc(Nc3ccccc3)n(-c3ccccc3)c2n1. The van der Waals surface area contributed by atoms with E-state index in [4.69, 9.17) is 9.72 Å². The summed E-state index contributed by atoms with van der Waals surface area (Å²) in [5.74, 6) is 1.21. The van der Waals surface area contributed by atoms with Crippen molar-refractivity contribution in [2.24, 2.45) is 0 Å². The van der Waals surface area contributed by atoms with E-state index in [2.05, 4.69) is 5.32 Å². The molecule has 5 nitrogen and oxygen atoms in total. The van der Waals surface area contributed by atoms with Crippen LogP contribution in [-0.2, 0) is 0 Å². The second-order valence-electron chi connectivity index (χ2n) is 7.18. The van der Waals surface area contributed by atoms with Crippen LogP contribution in [0.3, 0.4) is 0 Å². The van der Waals surface area contributed by atoms with Gasteiger partial charge in [0.05, 0.1) is 6.10 Å². The molecule has 0 atom stereocenters. The van der Waals surface area contributed by atoms with Crippen LogP contribution in [0.1, 0.15) is 19.5 Å². The summed E-state index contributed by atoms with van der Waals surface area (Å²) in [6.45, 7) is 5.80. The van der Waals surface area contributed by atoms with Crippen LogP contribution in [0.4, 0.5) is 11.5 Å². The molecule has 0 aliphatic heterocycles. The van der Waals surface area contributed by atoms with Crippen molar-refractivity contribution in [3.8, 4) is 11.4 Å². The van der Waals surface area contributed by atoms with E-state index in [-0.39, 0.29) is 11.5 Å². The summed E-state index contributed by atoms with van der Waals surface area (Å²) in [5, 5.41) is 3.84. The van der Waals surface area contributed by atoms with Crippen LogP contribution in [0.2, 0.25) is 0 Å². The Morgan fingerprint density at radius 1 is 0.966 bits per heavy atom. The van der Waals surface area contributed by atoms with Gasteiger partial charge in [0.2, 0.25) is 0 Å². The van der Waals surface area contributed by atoms with Crippen LogP contribution in [0.15, 0.2) is 77.6 Å². The highest BCUT2D eigenvalue weighted by atomic mass is 16.5. The molecule has 4 aromatic rings. The molecule has 4 rings (SSSR count). The molecule has 0 aliphatic rings. The Hall–Kier alpha value is -3.60. The maximum atomic E-state index is 13.1. The van der Waals surface area contributed by atoms with Gasteiger partial charge >= 0.3 is 0 Å². The van der Waals surface area contributed by atoms with E-state index in [1.54, 1.807) is 6.07 Å². The summed E-state index contributed by atoms with van der Waals surface area (Å²) >= 11 is 0. The smallest absolute Gasteiger partial charge is 0.196 e. The molecule has 2 aromatic heterocycles. The zero-order chi connectivity index (χ0) is 20.4. The Balaban J connectivity index is 2.04. The minimum atomic E-state index is -0.131. The van der Waals surface area contributed by atoms with Crippen LogP contribution in [-0.4, -0.2) is 15.7 Å². The molecular formula is C24H23N3O2. The number of aromatic nitrogens is 2. The molecule has 0 amide bonds. The van der Waals surface area contributed by atoms with Crippen LogP contribution >= 0.6 is 0 Å². The normalized spacial score (nSPS) is 11.0. The number of rotatable bonds is 5. The van der Waals surface area contributed by atoms with Gasteiger partial charge in [0, 0.05) is 29.2 Å². The zero-order valence-corrected chi connectivity index (χ0v) is 16.7. The molecule has 5 heteroatoms. The largest absolute Gasteiger partial charge is 0.490 e. The van der Waals surface area contributed by atoms with Gasteiger partial charge in [0.25, 0.3) is 0 Å². The molecule has 0 bridgehead atoms. The zero-order valence-electron chi connectivity index (χ0n) is 16.7. The van der Waals surface area contributed by atoms with Crippen molar-refractivity contribution in [2.75, 3.05) is 5.32 Å². The summed E-state index contributed by atoms with van der Waals surface area (Å²) in [6, 6.07) is 23.1. The second kappa shape index (κ2) is 7.80. The van der Waals surface area contributed by atoms with E-state index in [0.717, 1.165) is 17.1 Å². The molecule has 29 heavy (non-hydrogen) atoms. The molecule has 0 spiro atoms. The van der Waals surface area contributed by atoms with Gasteiger partial charge in [0.1, 0.15) is 17.0 Å². The summed E-state index contributed by atoms with van der Waals surface area (Å²) in [7, 11) is 0. The Morgan fingerprint density at radius 3 is 2.28 bits per heavy atom. The van der Waals surface area contributed by atoms with Crippen molar-refractivity contribution < 1.29 is 4.74 Å². The lowest BCUT2D eigenvalue weighted by Gasteiger charge is -2.20. The lowest BCUT2D eigenvalue weighted by molar-refractivity contribution is 0.245. The summed E-state index contributed by atoms with van der Waals surface area (Å²) in [4.78, 5) is 17.8. The first-order valence-corrected chi connectivity index (χ1v) is 9.64. The average molecular weight is 385 g/mol. The summed E-state index contributed by atoms with van der Waals surface area (Å²) in [6.07, 6.45) is -0.0494. The van der Waals surface area contributed by atoms with Crippen molar-refractivity contribution in [3.05, 3.63) is 88.7 Å². The van der Waals surface area contributed by atoms with Gasteiger partial charge in [-0.25, -0.2) is 4.98 Å². The predicted octanol–water partition coefficient (Wildman–Crippen LogP) is 5.22. The molecule has 0 saturated heterocycles. The molecule has 0 radical (unpaired) electrons. The van der Waals surface area contributed by atoms with Crippen molar-refractivity contribution in [1.29, 1.82) is 0 Å². The third-order valence-electron chi connectivity index (χ3n) is 4.48. The van der Waals surface area contributed by atoms with E-state index in [1.165, 1.54) is 0 Å². The second-order valence-corrected chi connectivity index (χ2v) is 7.18.